The van der Waals surface area contributed by atoms with Crippen molar-refractivity contribution in [3.8, 4) is 11.5 Å². The molecule has 1 amide bonds. The summed E-state index contributed by atoms with van der Waals surface area (Å²) in [5, 5.41) is 2.64. The van der Waals surface area contributed by atoms with Gasteiger partial charge < -0.3 is 14.5 Å². The van der Waals surface area contributed by atoms with E-state index >= 15 is 0 Å². The highest BCUT2D eigenvalue weighted by Gasteiger charge is 2.26. The molecule has 1 heterocycles. The summed E-state index contributed by atoms with van der Waals surface area (Å²) in [5.74, 6) is -3.02. The van der Waals surface area contributed by atoms with Crippen LogP contribution < -0.4 is 10.1 Å². The van der Waals surface area contributed by atoms with E-state index in [-0.39, 0.29) is 11.5 Å². The highest BCUT2D eigenvalue weighted by Crippen LogP contribution is 2.26. The maximum absolute atomic E-state index is 12.5. The van der Waals surface area contributed by atoms with Gasteiger partial charge in [0.1, 0.15) is 11.5 Å². The zero-order valence-corrected chi connectivity index (χ0v) is 14.5. The third-order valence-corrected chi connectivity index (χ3v) is 4.88. The lowest BCUT2D eigenvalue weighted by Crippen LogP contribution is -2.11. The number of anilines is 1. The van der Waals surface area contributed by atoms with Gasteiger partial charge in [-0.25, -0.2) is 8.42 Å². The van der Waals surface area contributed by atoms with E-state index in [9.17, 15) is 22.0 Å². The van der Waals surface area contributed by atoms with Crippen molar-refractivity contribution in [1.82, 2.24) is 0 Å². The lowest BCUT2D eigenvalue weighted by atomic mass is 10.3. The van der Waals surface area contributed by atoms with E-state index < -0.39 is 26.4 Å². The number of ether oxygens (including phenoxy) is 1. The third kappa shape index (κ3) is 4.32. The quantitative estimate of drug-likeness (QED) is 0.674. The second-order valence-electron chi connectivity index (χ2n) is 5.33. The number of nitrogens with one attached hydrogen (secondary N) is 1. The van der Waals surface area contributed by atoms with E-state index in [0.29, 0.717) is 11.4 Å². The Morgan fingerprint density at radius 1 is 0.963 bits per heavy atom. The van der Waals surface area contributed by atoms with Gasteiger partial charge in [0.25, 0.3) is 5.91 Å². The lowest BCUT2D eigenvalue weighted by Gasteiger charge is -2.08. The number of sulfone groups is 1. The van der Waals surface area contributed by atoms with E-state index in [4.69, 9.17) is 9.15 Å². The molecule has 2 aromatic carbocycles. The van der Waals surface area contributed by atoms with Crippen LogP contribution in [0, 0.1) is 0 Å². The van der Waals surface area contributed by atoms with Gasteiger partial charge in [-0.15, -0.1) is 0 Å². The zero-order chi connectivity index (χ0) is 19.4. The van der Waals surface area contributed by atoms with Gasteiger partial charge in [-0.05, 0) is 60.7 Å². The first-order chi connectivity index (χ1) is 12.9. The van der Waals surface area contributed by atoms with Crippen molar-refractivity contribution in [3.05, 3.63) is 72.7 Å². The van der Waals surface area contributed by atoms with Crippen LogP contribution in [0.25, 0.3) is 0 Å². The second-order valence-corrected chi connectivity index (χ2v) is 7.25. The minimum Gasteiger partial charge on any atom is -0.459 e. The van der Waals surface area contributed by atoms with Gasteiger partial charge in [0.2, 0.25) is 9.84 Å². The lowest BCUT2D eigenvalue weighted by molar-refractivity contribution is 0.0996. The van der Waals surface area contributed by atoms with Crippen LogP contribution in [-0.4, -0.2) is 20.1 Å². The van der Waals surface area contributed by atoms with Gasteiger partial charge in [0.05, 0.1) is 11.2 Å². The Balaban J connectivity index is 1.65. The molecular weight excluding hydrogens is 380 g/mol. The van der Waals surface area contributed by atoms with Gasteiger partial charge in [-0.2, -0.15) is 8.78 Å². The molecule has 27 heavy (non-hydrogen) atoms. The number of benzene rings is 2. The average Bonchev–Trinajstić information content (AvgIpc) is 3.18. The van der Waals surface area contributed by atoms with Crippen LogP contribution in [0.4, 0.5) is 14.5 Å². The topological polar surface area (TPSA) is 85.6 Å². The molecule has 9 heteroatoms. The van der Waals surface area contributed by atoms with E-state index in [2.05, 4.69) is 5.32 Å². The maximum atomic E-state index is 12.5. The molecule has 1 N–H and O–H groups in total. The molecule has 0 unspecified atom stereocenters. The molecule has 0 spiro atoms. The number of amides is 1. The Labute approximate surface area is 153 Å². The summed E-state index contributed by atoms with van der Waals surface area (Å²) >= 11 is 0. The Kier molecular flexibility index (Phi) is 5.22. The monoisotopic (exact) mass is 393 g/mol. The first kappa shape index (κ1) is 18.6. The highest BCUT2D eigenvalue weighted by atomic mass is 32.2. The van der Waals surface area contributed by atoms with Gasteiger partial charge in [0.15, 0.2) is 5.76 Å². The van der Waals surface area contributed by atoms with Crippen molar-refractivity contribution in [3.63, 3.8) is 0 Å². The Bertz CT molecular complexity index is 1010. The molecule has 0 aliphatic rings. The first-order valence-electron chi connectivity index (χ1n) is 7.61. The van der Waals surface area contributed by atoms with Crippen LogP contribution in [0.15, 0.2) is 76.2 Å². The summed E-state index contributed by atoms with van der Waals surface area (Å²) in [5.41, 5.74) is 0.516. The normalized spacial score (nSPS) is 11.4. The number of carbonyl (C=O) groups excluding carboxylic acids is 1. The number of alkyl halides is 2. The van der Waals surface area contributed by atoms with Crippen LogP contribution in [0.1, 0.15) is 10.6 Å². The number of halogens is 2. The van der Waals surface area contributed by atoms with Gasteiger partial charge >= 0.3 is 5.76 Å². The summed E-state index contributed by atoms with van der Waals surface area (Å²) in [7, 11) is -4.64. The largest absolute Gasteiger partial charge is 0.459 e. The van der Waals surface area contributed by atoms with Gasteiger partial charge in [-0.1, -0.05) is 0 Å². The summed E-state index contributed by atoms with van der Waals surface area (Å²) in [6.45, 7) is 0. The van der Waals surface area contributed by atoms with E-state index in [1.54, 1.807) is 30.3 Å². The zero-order valence-electron chi connectivity index (χ0n) is 13.6. The second kappa shape index (κ2) is 7.58. The predicted molar refractivity (Wildman–Crippen MR) is 92.8 cm³/mol. The predicted octanol–water partition coefficient (Wildman–Crippen LogP) is 4.32. The fourth-order valence-corrected chi connectivity index (χ4v) is 2.86. The number of rotatable bonds is 6. The minimum atomic E-state index is -4.64. The molecule has 0 saturated heterocycles. The summed E-state index contributed by atoms with van der Waals surface area (Å²) in [4.78, 5) is 11.4. The molecule has 0 saturated carbocycles. The molecule has 0 aliphatic carbocycles. The van der Waals surface area contributed by atoms with Crippen LogP contribution in [0.5, 0.6) is 11.5 Å². The Morgan fingerprint density at radius 3 is 2.07 bits per heavy atom. The van der Waals surface area contributed by atoms with Crippen LogP contribution in [0.3, 0.4) is 0 Å². The molecule has 3 aromatic rings. The SMILES string of the molecule is O=C(Nc1ccc(Oc2ccc(S(=O)(=O)C(F)F)cc2)cc1)c1ccco1. The average molecular weight is 393 g/mol. The molecule has 3 rings (SSSR count). The van der Waals surface area contributed by atoms with Crippen molar-refractivity contribution in [2.45, 2.75) is 10.7 Å². The number of carbonyl (C=O) groups is 1. The number of hydrogen-bond acceptors (Lipinski definition) is 5. The third-order valence-electron chi connectivity index (χ3n) is 3.48. The number of hydrogen-bond donors (Lipinski definition) is 1. The van der Waals surface area contributed by atoms with Gasteiger partial charge in [-0.3, -0.25) is 4.79 Å². The minimum absolute atomic E-state index is 0.175. The van der Waals surface area contributed by atoms with E-state index in [1.807, 2.05) is 0 Å². The van der Waals surface area contributed by atoms with Crippen LogP contribution >= 0.6 is 0 Å². The summed E-state index contributed by atoms with van der Waals surface area (Å²) in [6.07, 6.45) is 1.39. The first-order valence-corrected chi connectivity index (χ1v) is 9.16. The van der Waals surface area contributed by atoms with Crippen LogP contribution in [-0.2, 0) is 9.84 Å². The van der Waals surface area contributed by atoms with E-state index in [0.717, 1.165) is 12.1 Å². The maximum Gasteiger partial charge on any atom is 0.341 e. The van der Waals surface area contributed by atoms with E-state index in [1.165, 1.54) is 24.5 Å². The molecule has 0 bridgehead atoms. The molecule has 0 atom stereocenters. The van der Waals surface area contributed by atoms with Crippen molar-refractivity contribution in [2.75, 3.05) is 5.32 Å². The molecular formula is C18H13F2NO5S. The number of furan rings is 1. The molecule has 0 aliphatic heterocycles. The Morgan fingerprint density at radius 2 is 1.56 bits per heavy atom. The smallest absolute Gasteiger partial charge is 0.341 e. The van der Waals surface area contributed by atoms with Crippen molar-refractivity contribution in [2.24, 2.45) is 0 Å². The molecule has 0 radical (unpaired) electrons. The standard InChI is InChI=1S/C18H13F2NO5S/c19-18(20)27(23,24)15-9-7-14(8-10-15)26-13-5-3-12(4-6-13)21-17(22)16-2-1-11-25-16/h1-11,18H,(H,21,22). The fraction of sp³-hybridized carbons (Fsp3) is 0.0556. The van der Waals surface area contributed by atoms with Crippen molar-refractivity contribution in [1.29, 1.82) is 0 Å². The fourth-order valence-electron chi connectivity index (χ4n) is 2.14. The summed E-state index contributed by atoms with van der Waals surface area (Å²) in [6, 6.07) is 14.2. The summed E-state index contributed by atoms with van der Waals surface area (Å²) < 4.78 is 58.3. The highest BCUT2D eigenvalue weighted by molar-refractivity contribution is 7.91. The molecule has 0 fully saturated rings. The Hall–Kier alpha value is -3.20. The van der Waals surface area contributed by atoms with Crippen molar-refractivity contribution >= 4 is 21.4 Å². The molecule has 140 valence electrons. The van der Waals surface area contributed by atoms with Crippen LogP contribution in [0.2, 0.25) is 0 Å². The van der Waals surface area contributed by atoms with Crippen molar-refractivity contribution < 1.29 is 31.1 Å². The molecule has 1 aromatic heterocycles. The molecule has 6 nitrogen and oxygen atoms in total. The van der Waals surface area contributed by atoms with Gasteiger partial charge in [0, 0.05) is 5.69 Å².